The lowest BCUT2D eigenvalue weighted by Crippen LogP contribution is -1.98. The molecule has 1 heterocycles. The van der Waals surface area contributed by atoms with E-state index in [0.717, 1.165) is 41.8 Å². The van der Waals surface area contributed by atoms with Crippen molar-refractivity contribution in [2.45, 2.75) is 26.7 Å². The number of ether oxygens (including phenoxy) is 1. The molecule has 0 radical (unpaired) electrons. The number of nitrogens with two attached hydrogens (primary N) is 1. The van der Waals surface area contributed by atoms with Crippen LogP contribution in [0, 0.1) is 0 Å². The number of nitrogen functional groups attached to an aromatic ring is 1. The Hall–Kier alpha value is -2.49. The molecule has 23 heavy (non-hydrogen) atoms. The minimum Gasteiger partial charge on any atom is -0.493 e. The van der Waals surface area contributed by atoms with Crippen molar-refractivity contribution in [1.82, 2.24) is 9.55 Å². The van der Waals surface area contributed by atoms with E-state index in [0.29, 0.717) is 5.95 Å². The second kappa shape index (κ2) is 6.32. The van der Waals surface area contributed by atoms with Crippen molar-refractivity contribution in [3.05, 3.63) is 42.0 Å². The molecule has 0 aliphatic rings. The number of nitrogens with zero attached hydrogens (tertiary/aromatic N) is 2. The van der Waals surface area contributed by atoms with Crippen molar-refractivity contribution in [2.75, 3.05) is 12.3 Å². The van der Waals surface area contributed by atoms with Gasteiger partial charge >= 0.3 is 0 Å². The van der Waals surface area contributed by atoms with Gasteiger partial charge in [0.1, 0.15) is 5.75 Å². The topological polar surface area (TPSA) is 53.1 Å². The first-order valence-corrected chi connectivity index (χ1v) is 8.12. The smallest absolute Gasteiger partial charge is 0.200 e. The van der Waals surface area contributed by atoms with Gasteiger partial charge < -0.3 is 15.0 Å². The lowest BCUT2D eigenvalue weighted by molar-refractivity contribution is 0.314. The summed E-state index contributed by atoms with van der Waals surface area (Å²) in [7, 11) is 1.93. The number of fused-ring (bicyclic) bond motifs is 1. The molecule has 0 spiro atoms. The van der Waals surface area contributed by atoms with Crippen LogP contribution in [-0.2, 0) is 13.5 Å². The van der Waals surface area contributed by atoms with Crippen LogP contribution in [0.5, 0.6) is 5.75 Å². The zero-order chi connectivity index (χ0) is 16.4. The lowest BCUT2D eigenvalue weighted by Gasteiger charge is -2.12. The van der Waals surface area contributed by atoms with Crippen LogP contribution in [-0.4, -0.2) is 16.2 Å². The molecule has 0 saturated carbocycles. The predicted molar refractivity (Wildman–Crippen MR) is 95.7 cm³/mol. The molecule has 0 fully saturated rings. The van der Waals surface area contributed by atoms with E-state index in [1.807, 2.05) is 11.6 Å². The van der Waals surface area contributed by atoms with Gasteiger partial charge in [0.15, 0.2) is 0 Å². The van der Waals surface area contributed by atoms with Crippen LogP contribution >= 0.6 is 0 Å². The van der Waals surface area contributed by atoms with Crippen LogP contribution in [0.15, 0.2) is 36.4 Å². The van der Waals surface area contributed by atoms with Crippen LogP contribution in [0.1, 0.15) is 25.8 Å². The fourth-order valence-corrected chi connectivity index (χ4v) is 2.79. The average molecular weight is 309 g/mol. The maximum Gasteiger partial charge on any atom is 0.200 e. The minimum atomic E-state index is 0.537. The van der Waals surface area contributed by atoms with Crippen LogP contribution in [0.3, 0.4) is 0 Å². The average Bonchev–Trinajstić information content (AvgIpc) is 2.86. The second-order valence-corrected chi connectivity index (χ2v) is 5.76. The highest BCUT2D eigenvalue weighted by atomic mass is 16.5. The Bertz CT molecular complexity index is 836. The molecular formula is C19H23N3O. The van der Waals surface area contributed by atoms with E-state index < -0.39 is 0 Å². The fourth-order valence-electron chi connectivity index (χ4n) is 2.79. The highest BCUT2D eigenvalue weighted by molar-refractivity contribution is 5.84. The molecule has 4 heteroatoms. The van der Waals surface area contributed by atoms with Crippen LogP contribution in [0.2, 0.25) is 0 Å². The van der Waals surface area contributed by atoms with E-state index in [-0.39, 0.29) is 0 Å². The van der Waals surface area contributed by atoms with Crippen molar-refractivity contribution in [3.63, 3.8) is 0 Å². The number of aromatic nitrogens is 2. The zero-order valence-corrected chi connectivity index (χ0v) is 14.0. The Morgan fingerprint density at radius 2 is 1.83 bits per heavy atom. The van der Waals surface area contributed by atoms with Gasteiger partial charge in [-0.1, -0.05) is 26.0 Å². The maximum absolute atomic E-state index is 5.89. The van der Waals surface area contributed by atoms with Crippen LogP contribution < -0.4 is 10.5 Å². The summed E-state index contributed by atoms with van der Waals surface area (Å²) in [5.74, 6) is 1.52. The summed E-state index contributed by atoms with van der Waals surface area (Å²) >= 11 is 0. The van der Waals surface area contributed by atoms with E-state index in [2.05, 4.69) is 55.2 Å². The number of rotatable bonds is 5. The number of benzene rings is 2. The second-order valence-electron chi connectivity index (χ2n) is 5.76. The molecule has 4 nitrogen and oxygen atoms in total. The predicted octanol–water partition coefficient (Wildman–Crippen LogP) is 4.17. The van der Waals surface area contributed by atoms with Gasteiger partial charge in [0.05, 0.1) is 17.6 Å². The fraction of sp³-hybridized carbons (Fsp3) is 0.316. The van der Waals surface area contributed by atoms with Gasteiger partial charge in [0.2, 0.25) is 5.95 Å². The van der Waals surface area contributed by atoms with Gasteiger partial charge in [0, 0.05) is 7.05 Å². The molecule has 0 aliphatic heterocycles. The first-order valence-electron chi connectivity index (χ1n) is 8.12. The summed E-state index contributed by atoms with van der Waals surface area (Å²) in [6, 6.07) is 12.7. The number of anilines is 1. The normalized spacial score (nSPS) is 11.1. The van der Waals surface area contributed by atoms with Crippen molar-refractivity contribution in [3.8, 4) is 16.9 Å². The molecule has 0 unspecified atom stereocenters. The third-order valence-corrected chi connectivity index (χ3v) is 4.15. The highest BCUT2D eigenvalue weighted by Crippen LogP contribution is 2.29. The molecular weight excluding hydrogens is 286 g/mol. The van der Waals surface area contributed by atoms with E-state index >= 15 is 0 Å². The van der Waals surface area contributed by atoms with E-state index in [4.69, 9.17) is 10.5 Å². The Labute approximate surface area is 136 Å². The van der Waals surface area contributed by atoms with Gasteiger partial charge in [-0.2, -0.15) is 0 Å². The molecule has 0 bridgehead atoms. The summed E-state index contributed by atoms with van der Waals surface area (Å²) < 4.78 is 7.73. The van der Waals surface area contributed by atoms with Gasteiger partial charge in [0.25, 0.3) is 0 Å². The molecule has 120 valence electrons. The third-order valence-electron chi connectivity index (χ3n) is 4.15. The standard InChI is InChI=1S/C19H23N3O/c1-4-10-23-18-9-7-14(11-13(18)5-2)15-6-8-17-16(12-15)21-19(20)22(17)3/h6-9,11-12H,4-5,10H2,1-3H3,(H2,20,21). The van der Waals surface area contributed by atoms with Gasteiger partial charge in [-0.15, -0.1) is 0 Å². The van der Waals surface area contributed by atoms with E-state index in [9.17, 15) is 0 Å². The Kier molecular flexibility index (Phi) is 4.24. The van der Waals surface area contributed by atoms with Crippen molar-refractivity contribution < 1.29 is 4.74 Å². The number of hydrogen-bond acceptors (Lipinski definition) is 3. The molecule has 2 N–H and O–H groups in total. The molecule has 0 amide bonds. The molecule has 3 rings (SSSR count). The van der Waals surface area contributed by atoms with Crippen LogP contribution in [0.25, 0.3) is 22.2 Å². The number of aryl methyl sites for hydroxylation is 2. The third kappa shape index (κ3) is 2.89. The van der Waals surface area contributed by atoms with E-state index in [1.165, 1.54) is 11.1 Å². The summed E-state index contributed by atoms with van der Waals surface area (Å²) in [6.45, 7) is 5.03. The highest BCUT2D eigenvalue weighted by Gasteiger charge is 2.09. The van der Waals surface area contributed by atoms with Crippen molar-refractivity contribution in [1.29, 1.82) is 0 Å². The van der Waals surface area contributed by atoms with Gasteiger partial charge in [-0.25, -0.2) is 4.98 Å². The monoisotopic (exact) mass is 309 g/mol. The molecule has 2 aromatic carbocycles. The molecule has 0 saturated heterocycles. The summed E-state index contributed by atoms with van der Waals surface area (Å²) in [6.07, 6.45) is 1.97. The molecule has 0 aliphatic carbocycles. The molecule has 3 aromatic rings. The molecule has 0 atom stereocenters. The van der Waals surface area contributed by atoms with E-state index in [1.54, 1.807) is 0 Å². The number of hydrogen-bond donors (Lipinski definition) is 1. The summed E-state index contributed by atoms with van der Waals surface area (Å²) in [5.41, 5.74) is 11.4. The summed E-state index contributed by atoms with van der Waals surface area (Å²) in [4.78, 5) is 4.42. The van der Waals surface area contributed by atoms with Crippen molar-refractivity contribution in [2.24, 2.45) is 7.05 Å². The Balaban J connectivity index is 2.00. The first-order chi connectivity index (χ1) is 11.1. The van der Waals surface area contributed by atoms with Gasteiger partial charge in [-0.3, -0.25) is 0 Å². The number of imidazole rings is 1. The SMILES string of the molecule is CCCOc1ccc(-c2ccc3c(c2)nc(N)n3C)cc1CC. The zero-order valence-electron chi connectivity index (χ0n) is 14.0. The maximum atomic E-state index is 5.89. The summed E-state index contributed by atoms with van der Waals surface area (Å²) in [5, 5.41) is 0. The van der Waals surface area contributed by atoms with Crippen LogP contribution in [0.4, 0.5) is 5.95 Å². The quantitative estimate of drug-likeness (QED) is 0.769. The first kappa shape index (κ1) is 15.4. The van der Waals surface area contributed by atoms with Gasteiger partial charge in [-0.05, 0) is 53.8 Å². The molecule has 1 aromatic heterocycles. The minimum absolute atomic E-state index is 0.537. The lowest BCUT2D eigenvalue weighted by atomic mass is 10.0. The van der Waals surface area contributed by atoms with Crippen molar-refractivity contribution >= 4 is 17.0 Å². The largest absolute Gasteiger partial charge is 0.493 e. The Morgan fingerprint density at radius 1 is 1.09 bits per heavy atom. The Morgan fingerprint density at radius 3 is 2.57 bits per heavy atom.